The first kappa shape index (κ1) is 15.3. The molecule has 0 heterocycles. The van der Waals surface area contributed by atoms with Crippen LogP contribution in [-0.4, -0.2) is 17.4 Å². The van der Waals surface area contributed by atoms with E-state index in [1.54, 1.807) is 24.3 Å². The monoisotopic (exact) mass is 301 g/mol. The average molecular weight is 301 g/mol. The first-order chi connectivity index (χ1) is 10.6. The molecule has 0 aliphatic heterocycles. The van der Waals surface area contributed by atoms with Gasteiger partial charge in [-0.15, -0.1) is 0 Å². The zero-order valence-electron chi connectivity index (χ0n) is 11.9. The molecule has 7 heteroatoms. The van der Waals surface area contributed by atoms with Crippen LogP contribution in [0.2, 0.25) is 0 Å². The zero-order chi connectivity index (χ0) is 15.9. The summed E-state index contributed by atoms with van der Waals surface area (Å²) in [6, 6.07) is 12.5. The van der Waals surface area contributed by atoms with E-state index in [-0.39, 0.29) is 11.6 Å². The van der Waals surface area contributed by atoms with Gasteiger partial charge in [-0.3, -0.25) is 25.8 Å². The van der Waals surface area contributed by atoms with Crippen LogP contribution in [0.4, 0.5) is 11.4 Å². The molecule has 2 rings (SSSR count). The summed E-state index contributed by atoms with van der Waals surface area (Å²) >= 11 is 0. The molecular weight excluding hydrogens is 286 g/mol. The topological polar surface area (TPSA) is 93.5 Å². The number of hydrogen-bond acceptors (Lipinski definition) is 5. The van der Waals surface area contributed by atoms with Gasteiger partial charge in [0, 0.05) is 17.7 Å². The summed E-state index contributed by atoms with van der Waals surface area (Å²) < 4.78 is 5.30. The van der Waals surface area contributed by atoms with E-state index in [4.69, 9.17) is 4.74 Å². The minimum absolute atomic E-state index is 0.0108. The van der Waals surface area contributed by atoms with Crippen LogP contribution in [0.25, 0.3) is 0 Å². The van der Waals surface area contributed by atoms with Gasteiger partial charge in [-0.25, -0.2) is 0 Å². The lowest BCUT2D eigenvalue weighted by molar-refractivity contribution is -0.384. The molecule has 7 nitrogen and oxygen atoms in total. The van der Waals surface area contributed by atoms with Gasteiger partial charge in [0.1, 0.15) is 5.75 Å². The van der Waals surface area contributed by atoms with Crippen LogP contribution in [-0.2, 0) is 0 Å². The lowest BCUT2D eigenvalue weighted by Crippen LogP contribution is -2.29. The Morgan fingerprint density at radius 3 is 2.32 bits per heavy atom. The number of hydrogen-bond donors (Lipinski definition) is 2. The normalized spacial score (nSPS) is 9.86. The predicted molar refractivity (Wildman–Crippen MR) is 81.8 cm³/mol. The van der Waals surface area contributed by atoms with Crippen LogP contribution in [0.15, 0.2) is 48.5 Å². The van der Waals surface area contributed by atoms with E-state index in [1.807, 2.05) is 6.92 Å². The molecule has 0 saturated heterocycles. The fourth-order valence-corrected chi connectivity index (χ4v) is 1.74. The van der Waals surface area contributed by atoms with Crippen LogP contribution < -0.4 is 15.6 Å². The molecule has 0 saturated carbocycles. The summed E-state index contributed by atoms with van der Waals surface area (Å²) in [5.41, 5.74) is 6.22. The number of hydrazine groups is 1. The Kier molecular flexibility index (Phi) is 4.92. The minimum atomic E-state index is -0.484. The van der Waals surface area contributed by atoms with Gasteiger partial charge >= 0.3 is 0 Å². The lowest BCUT2D eigenvalue weighted by Gasteiger charge is -2.09. The van der Waals surface area contributed by atoms with E-state index in [1.165, 1.54) is 24.3 Å². The molecule has 0 unspecified atom stereocenters. The van der Waals surface area contributed by atoms with Crippen molar-refractivity contribution in [2.45, 2.75) is 6.92 Å². The molecule has 114 valence electrons. The highest BCUT2D eigenvalue weighted by atomic mass is 16.6. The minimum Gasteiger partial charge on any atom is -0.494 e. The fraction of sp³-hybridized carbons (Fsp3) is 0.133. The van der Waals surface area contributed by atoms with Gasteiger partial charge < -0.3 is 4.74 Å². The van der Waals surface area contributed by atoms with E-state index in [0.717, 1.165) is 0 Å². The Morgan fingerprint density at radius 1 is 1.14 bits per heavy atom. The number of benzene rings is 2. The van der Waals surface area contributed by atoms with E-state index in [9.17, 15) is 14.9 Å². The fourth-order valence-electron chi connectivity index (χ4n) is 1.74. The molecule has 0 bridgehead atoms. The predicted octanol–water partition coefficient (Wildman–Crippen LogP) is 2.75. The lowest BCUT2D eigenvalue weighted by atomic mass is 10.2. The van der Waals surface area contributed by atoms with Crippen molar-refractivity contribution in [2.24, 2.45) is 0 Å². The highest BCUT2D eigenvalue weighted by molar-refractivity contribution is 5.94. The second-order valence-corrected chi connectivity index (χ2v) is 4.34. The van der Waals surface area contributed by atoms with Crippen LogP contribution >= 0.6 is 0 Å². The second kappa shape index (κ2) is 7.07. The number of ether oxygens (including phenoxy) is 1. The molecule has 2 aromatic rings. The van der Waals surface area contributed by atoms with Gasteiger partial charge in [0.25, 0.3) is 11.6 Å². The van der Waals surface area contributed by atoms with Gasteiger partial charge in [-0.05, 0) is 43.3 Å². The van der Waals surface area contributed by atoms with Crippen molar-refractivity contribution in [3.63, 3.8) is 0 Å². The van der Waals surface area contributed by atoms with E-state index in [2.05, 4.69) is 10.9 Å². The molecule has 0 spiro atoms. The number of nitro benzene ring substituents is 1. The van der Waals surface area contributed by atoms with Crippen molar-refractivity contribution < 1.29 is 14.5 Å². The summed E-state index contributed by atoms with van der Waals surface area (Å²) in [6.45, 7) is 2.45. The van der Waals surface area contributed by atoms with E-state index < -0.39 is 4.92 Å². The highest BCUT2D eigenvalue weighted by Crippen LogP contribution is 2.15. The number of amides is 1. The molecule has 22 heavy (non-hydrogen) atoms. The van der Waals surface area contributed by atoms with E-state index in [0.29, 0.717) is 23.6 Å². The molecule has 0 fully saturated rings. The largest absolute Gasteiger partial charge is 0.494 e. The third-order valence-electron chi connectivity index (χ3n) is 2.83. The SMILES string of the molecule is CCOc1ccc(C(=O)NNc2ccc([N+](=O)[O-])cc2)cc1. The highest BCUT2D eigenvalue weighted by Gasteiger charge is 2.07. The second-order valence-electron chi connectivity index (χ2n) is 4.34. The molecule has 2 N–H and O–H groups in total. The smallest absolute Gasteiger partial charge is 0.269 e. The van der Waals surface area contributed by atoms with Gasteiger partial charge in [-0.1, -0.05) is 0 Å². The summed E-state index contributed by atoms with van der Waals surface area (Å²) in [5, 5.41) is 10.5. The van der Waals surface area contributed by atoms with E-state index >= 15 is 0 Å². The third-order valence-corrected chi connectivity index (χ3v) is 2.83. The van der Waals surface area contributed by atoms with Gasteiger partial charge in [0.15, 0.2) is 0 Å². The van der Waals surface area contributed by atoms with Crippen LogP contribution in [0.3, 0.4) is 0 Å². The summed E-state index contributed by atoms with van der Waals surface area (Å²) in [5.74, 6) is 0.378. The van der Waals surface area contributed by atoms with Crippen LogP contribution in [0, 0.1) is 10.1 Å². The Morgan fingerprint density at radius 2 is 1.77 bits per heavy atom. The van der Waals surface area contributed by atoms with Gasteiger partial charge in [0.2, 0.25) is 0 Å². The maximum Gasteiger partial charge on any atom is 0.269 e. The standard InChI is InChI=1S/C15H15N3O4/c1-2-22-14-9-3-11(4-10-14)15(19)17-16-12-5-7-13(8-6-12)18(20)21/h3-10,16H,2H2,1H3,(H,17,19). The van der Waals surface area contributed by atoms with Crippen molar-refractivity contribution in [3.05, 3.63) is 64.2 Å². The summed E-state index contributed by atoms with van der Waals surface area (Å²) in [7, 11) is 0. The van der Waals surface area contributed by atoms with Crippen molar-refractivity contribution in [3.8, 4) is 5.75 Å². The zero-order valence-corrected chi connectivity index (χ0v) is 11.9. The Bertz CT molecular complexity index is 653. The quantitative estimate of drug-likeness (QED) is 0.632. The number of nitrogens with zero attached hydrogens (tertiary/aromatic N) is 1. The summed E-state index contributed by atoms with van der Waals surface area (Å²) in [6.07, 6.45) is 0. The number of nitrogens with one attached hydrogen (secondary N) is 2. The average Bonchev–Trinajstić information content (AvgIpc) is 2.54. The van der Waals surface area contributed by atoms with Crippen molar-refractivity contribution in [1.29, 1.82) is 0 Å². The van der Waals surface area contributed by atoms with Crippen LogP contribution in [0.1, 0.15) is 17.3 Å². The first-order valence-electron chi connectivity index (χ1n) is 6.64. The van der Waals surface area contributed by atoms with Gasteiger partial charge in [0.05, 0.1) is 17.2 Å². The summed E-state index contributed by atoms with van der Waals surface area (Å²) in [4.78, 5) is 22.0. The molecule has 1 amide bonds. The molecule has 2 aromatic carbocycles. The number of nitro groups is 1. The molecule has 0 radical (unpaired) electrons. The van der Waals surface area contributed by atoms with Gasteiger partial charge in [-0.2, -0.15) is 0 Å². The maximum absolute atomic E-state index is 11.9. The first-order valence-corrected chi connectivity index (χ1v) is 6.64. The Hall–Kier alpha value is -3.09. The number of carbonyl (C=O) groups is 1. The number of carbonyl (C=O) groups excluding carboxylic acids is 1. The Balaban J connectivity index is 1.93. The van der Waals surface area contributed by atoms with Crippen LogP contribution in [0.5, 0.6) is 5.75 Å². The Labute approximate surface area is 127 Å². The number of non-ortho nitro benzene ring substituents is 1. The van der Waals surface area contributed by atoms with Crippen molar-refractivity contribution >= 4 is 17.3 Å². The molecule has 0 atom stereocenters. The third kappa shape index (κ3) is 3.95. The molecule has 0 aliphatic carbocycles. The molecular formula is C15H15N3O4. The molecule has 0 aromatic heterocycles. The molecule has 0 aliphatic rings. The van der Waals surface area contributed by atoms with Crippen molar-refractivity contribution in [1.82, 2.24) is 5.43 Å². The maximum atomic E-state index is 11.9. The number of rotatable bonds is 6. The number of anilines is 1. The van der Waals surface area contributed by atoms with Crippen molar-refractivity contribution in [2.75, 3.05) is 12.0 Å².